The quantitative estimate of drug-likeness (QED) is 0.401. The van der Waals surface area contributed by atoms with E-state index < -0.39 is 0 Å². The molecule has 30 heavy (non-hydrogen) atoms. The zero-order chi connectivity index (χ0) is 21.4. The van der Waals surface area contributed by atoms with Crippen LogP contribution in [-0.4, -0.2) is 9.97 Å². The van der Waals surface area contributed by atoms with Gasteiger partial charge < -0.3 is 0 Å². The van der Waals surface area contributed by atoms with Crippen LogP contribution in [-0.2, 0) is 13.5 Å². The highest BCUT2D eigenvalue weighted by molar-refractivity contribution is 6.01. The number of aromatic nitrogens is 3. The molecule has 0 unspecified atom stereocenters. The SMILES string of the molecule is Cc1cc(C)c(C)c(-c2c3cccc(-c4cnc(CC(C)C)cn4)c3cc[n+]2C)c1. The number of fused-ring (bicyclic) bond motifs is 1. The molecule has 0 amide bonds. The van der Waals surface area contributed by atoms with Crippen LogP contribution in [0.25, 0.3) is 33.3 Å². The molecule has 0 saturated heterocycles. The highest BCUT2D eigenvalue weighted by Gasteiger charge is 2.20. The van der Waals surface area contributed by atoms with E-state index in [-0.39, 0.29) is 0 Å². The lowest BCUT2D eigenvalue weighted by Gasteiger charge is -2.13. The minimum absolute atomic E-state index is 0.575. The first-order valence-corrected chi connectivity index (χ1v) is 10.7. The Labute approximate surface area is 179 Å². The van der Waals surface area contributed by atoms with E-state index in [1.807, 2.05) is 12.4 Å². The summed E-state index contributed by atoms with van der Waals surface area (Å²) in [5.41, 5.74) is 9.56. The monoisotopic (exact) mass is 396 g/mol. The van der Waals surface area contributed by atoms with Crippen LogP contribution >= 0.6 is 0 Å². The van der Waals surface area contributed by atoms with E-state index in [9.17, 15) is 0 Å². The highest BCUT2D eigenvalue weighted by Crippen LogP contribution is 2.34. The largest absolute Gasteiger partial charge is 0.257 e. The predicted molar refractivity (Wildman–Crippen MR) is 124 cm³/mol. The summed E-state index contributed by atoms with van der Waals surface area (Å²) in [7, 11) is 2.12. The normalized spacial score (nSPS) is 11.4. The van der Waals surface area contributed by atoms with Crippen molar-refractivity contribution in [2.75, 3.05) is 0 Å². The summed E-state index contributed by atoms with van der Waals surface area (Å²) in [5, 5.41) is 2.44. The van der Waals surface area contributed by atoms with Crippen molar-refractivity contribution >= 4 is 10.8 Å². The first-order valence-electron chi connectivity index (χ1n) is 10.7. The summed E-state index contributed by atoms with van der Waals surface area (Å²) in [6.45, 7) is 11.0. The summed E-state index contributed by atoms with van der Waals surface area (Å²) in [5.74, 6) is 0.575. The van der Waals surface area contributed by atoms with E-state index in [1.165, 1.54) is 38.7 Å². The van der Waals surface area contributed by atoms with Gasteiger partial charge in [-0.1, -0.05) is 37.6 Å². The third kappa shape index (κ3) is 3.72. The van der Waals surface area contributed by atoms with Gasteiger partial charge in [0.15, 0.2) is 6.20 Å². The average molecular weight is 397 g/mol. The summed E-state index contributed by atoms with van der Waals surface area (Å²) >= 11 is 0. The smallest absolute Gasteiger partial charge is 0.220 e. The summed E-state index contributed by atoms with van der Waals surface area (Å²) in [6, 6.07) is 13.2. The molecule has 0 spiro atoms. The Kier molecular flexibility index (Phi) is 5.38. The summed E-state index contributed by atoms with van der Waals surface area (Å²) < 4.78 is 2.23. The Bertz CT molecular complexity index is 1220. The molecule has 0 fully saturated rings. The van der Waals surface area contributed by atoms with Crippen molar-refractivity contribution in [3.05, 3.63) is 77.4 Å². The molecule has 0 aliphatic heterocycles. The molecule has 3 nitrogen and oxygen atoms in total. The van der Waals surface area contributed by atoms with Gasteiger partial charge in [0.2, 0.25) is 5.69 Å². The second-order valence-electron chi connectivity index (χ2n) is 8.79. The van der Waals surface area contributed by atoms with Crippen LogP contribution in [0.1, 0.15) is 36.2 Å². The second kappa shape index (κ2) is 7.98. The van der Waals surface area contributed by atoms with Gasteiger partial charge >= 0.3 is 0 Å². The third-order valence-electron chi connectivity index (χ3n) is 5.84. The van der Waals surface area contributed by atoms with Gasteiger partial charge in [-0.15, -0.1) is 0 Å². The number of pyridine rings is 1. The van der Waals surface area contributed by atoms with Crippen molar-refractivity contribution in [2.24, 2.45) is 13.0 Å². The van der Waals surface area contributed by atoms with Crippen LogP contribution in [0, 0.1) is 26.7 Å². The highest BCUT2D eigenvalue weighted by atomic mass is 14.9. The van der Waals surface area contributed by atoms with Crippen molar-refractivity contribution in [1.29, 1.82) is 0 Å². The molecule has 0 radical (unpaired) electrons. The zero-order valence-electron chi connectivity index (χ0n) is 18.8. The van der Waals surface area contributed by atoms with Crippen LogP contribution < -0.4 is 4.57 Å². The maximum atomic E-state index is 4.75. The van der Waals surface area contributed by atoms with E-state index in [4.69, 9.17) is 4.98 Å². The Hall–Kier alpha value is -3.07. The van der Waals surface area contributed by atoms with Crippen LogP contribution in [0.3, 0.4) is 0 Å². The predicted octanol–water partition coefficient (Wildman–Crippen LogP) is 5.91. The molecule has 2 aromatic heterocycles. The van der Waals surface area contributed by atoms with Crippen molar-refractivity contribution in [3.8, 4) is 22.5 Å². The lowest BCUT2D eigenvalue weighted by atomic mass is 9.93. The van der Waals surface area contributed by atoms with Gasteiger partial charge in [0.25, 0.3) is 0 Å². The molecule has 2 heterocycles. The molecule has 4 rings (SSSR count). The molecule has 0 N–H and O–H groups in total. The molecular weight excluding hydrogens is 366 g/mol. The molecule has 0 saturated carbocycles. The standard InChI is InChI=1S/C27H30N3/c1-17(2)12-21-15-29-26(16-28-21)23-8-7-9-24-22(23)10-11-30(6)27(24)25-14-18(3)13-19(4)20(25)5/h7-11,13-17H,12H2,1-6H3/q+1. The van der Waals surface area contributed by atoms with Gasteiger partial charge in [-0.2, -0.15) is 0 Å². The second-order valence-corrected chi connectivity index (χ2v) is 8.79. The number of nitrogens with zero attached hydrogens (tertiary/aromatic N) is 3. The fourth-order valence-corrected chi connectivity index (χ4v) is 4.26. The van der Waals surface area contributed by atoms with Crippen LogP contribution in [0.4, 0.5) is 0 Å². The molecule has 0 atom stereocenters. The van der Waals surface area contributed by atoms with Gasteiger partial charge in [0.05, 0.1) is 28.5 Å². The maximum absolute atomic E-state index is 4.75. The van der Waals surface area contributed by atoms with Gasteiger partial charge in [0, 0.05) is 23.2 Å². The van der Waals surface area contributed by atoms with Gasteiger partial charge in [-0.05, 0) is 56.4 Å². The van der Waals surface area contributed by atoms with Gasteiger partial charge in [0.1, 0.15) is 7.05 Å². The lowest BCUT2D eigenvalue weighted by Crippen LogP contribution is -2.31. The van der Waals surface area contributed by atoms with Crippen molar-refractivity contribution in [3.63, 3.8) is 0 Å². The molecule has 2 aromatic carbocycles. The Morgan fingerprint density at radius 3 is 2.40 bits per heavy atom. The molecule has 152 valence electrons. The summed E-state index contributed by atoms with van der Waals surface area (Å²) in [4.78, 5) is 9.42. The topological polar surface area (TPSA) is 29.7 Å². The zero-order valence-corrected chi connectivity index (χ0v) is 18.8. The fourth-order valence-electron chi connectivity index (χ4n) is 4.26. The van der Waals surface area contributed by atoms with Crippen LogP contribution in [0.2, 0.25) is 0 Å². The lowest BCUT2D eigenvalue weighted by molar-refractivity contribution is -0.659. The molecule has 0 aliphatic carbocycles. The Morgan fingerprint density at radius 1 is 0.900 bits per heavy atom. The first-order chi connectivity index (χ1) is 14.3. The van der Waals surface area contributed by atoms with E-state index in [1.54, 1.807) is 0 Å². The number of benzene rings is 2. The van der Waals surface area contributed by atoms with E-state index in [2.05, 4.69) is 93.8 Å². The van der Waals surface area contributed by atoms with E-state index in [0.29, 0.717) is 5.92 Å². The van der Waals surface area contributed by atoms with Crippen molar-refractivity contribution in [1.82, 2.24) is 9.97 Å². The Balaban J connectivity index is 1.91. The van der Waals surface area contributed by atoms with Gasteiger partial charge in [-0.3, -0.25) is 9.97 Å². The van der Waals surface area contributed by atoms with Crippen LogP contribution in [0.15, 0.2) is 55.0 Å². The number of hydrogen-bond donors (Lipinski definition) is 0. The molecule has 0 bridgehead atoms. The molecule has 0 aliphatic rings. The minimum atomic E-state index is 0.575. The van der Waals surface area contributed by atoms with Crippen molar-refractivity contribution < 1.29 is 4.57 Å². The number of hydrogen-bond acceptors (Lipinski definition) is 2. The summed E-state index contributed by atoms with van der Waals surface area (Å²) in [6.07, 6.45) is 6.95. The number of rotatable bonds is 4. The number of aryl methyl sites for hydroxylation is 3. The minimum Gasteiger partial charge on any atom is -0.257 e. The third-order valence-corrected chi connectivity index (χ3v) is 5.84. The molecule has 4 aromatic rings. The van der Waals surface area contributed by atoms with Crippen LogP contribution in [0.5, 0.6) is 0 Å². The molecular formula is C27H30N3+. The maximum Gasteiger partial charge on any atom is 0.220 e. The molecule has 3 heteroatoms. The average Bonchev–Trinajstić information content (AvgIpc) is 2.70. The first kappa shape index (κ1) is 20.2. The van der Waals surface area contributed by atoms with E-state index in [0.717, 1.165) is 23.4 Å². The fraction of sp³-hybridized carbons (Fsp3) is 0.296. The van der Waals surface area contributed by atoms with E-state index >= 15 is 0 Å². The Morgan fingerprint density at radius 2 is 1.70 bits per heavy atom. The van der Waals surface area contributed by atoms with Gasteiger partial charge in [-0.25, -0.2) is 4.57 Å². The van der Waals surface area contributed by atoms with Crippen molar-refractivity contribution in [2.45, 2.75) is 41.0 Å².